The molecule has 0 aliphatic heterocycles. The lowest BCUT2D eigenvalue weighted by atomic mass is 10.3. The Morgan fingerprint density at radius 2 is 2.12 bits per heavy atom. The van der Waals surface area contributed by atoms with E-state index in [1.54, 1.807) is 6.07 Å². The van der Waals surface area contributed by atoms with Gasteiger partial charge in [-0.3, -0.25) is 0 Å². The highest BCUT2D eigenvalue weighted by Crippen LogP contribution is 2.25. The number of esters is 1. The number of nitrogens with one attached hydrogen (secondary N) is 1. The average Bonchev–Trinajstić information content (AvgIpc) is 2.77. The van der Waals surface area contributed by atoms with Crippen molar-refractivity contribution in [3.05, 3.63) is 34.2 Å². The second-order valence-corrected chi connectivity index (χ2v) is 3.96. The van der Waals surface area contributed by atoms with E-state index in [9.17, 15) is 4.79 Å². The first-order valence-electron chi connectivity index (χ1n) is 4.56. The zero-order chi connectivity index (χ0) is 12.4. The lowest BCUT2D eigenvalue weighted by Crippen LogP contribution is -2.01. The van der Waals surface area contributed by atoms with Crippen molar-refractivity contribution in [2.75, 3.05) is 7.11 Å². The summed E-state index contributed by atoms with van der Waals surface area (Å²) in [7, 11) is 1.29. The van der Waals surface area contributed by atoms with Crippen LogP contribution in [0.5, 0.6) is 0 Å². The molecule has 1 N–H and O–H groups in total. The van der Waals surface area contributed by atoms with Crippen LogP contribution in [-0.4, -0.2) is 28.0 Å². The first-order valence-corrected chi connectivity index (χ1v) is 5.32. The van der Waals surface area contributed by atoms with Gasteiger partial charge in [0.25, 0.3) is 0 Å². The number of rotatable bonds is 2. The van der Waals surface area contributed by atoms with Crippen molar-refractivity contribution >= 4 is 29.2 Å². The minimum Gasteiger partial charge on any atom is -0.464 e. The Hall–Kier alpha value is -1.59. The van der Waals surface area contributed by atoms with Crippen LogP contribution >= 0.6 is 23.2 Å². The minimum atomic E-state index is -0.506. The number of aromatic amines is 1. The summed E-state index contributed by atoms with van der Waals surface area (Å²) in [5.74, 6) is -0.124. The second-order valence-electron chi connectivity index (χ2n) is 3.12. The number of hydrogen-bond acceptors (Lipinski definition) is 4. The summed E-state index contributed by atoms with van der Waals surface area (Å²) in [6, 6.07) is 1.55. The normalized spacial score (nSPS) is 10.3. The molecule has 2 aromatic heterocycles. The third-order valence-electron chi connectivity index (χ3n) is 2.01. The number of H-pyrrole nitrogens is 1. The van der Waals surface area contributed by atoms with Crippen molar-refractivity contribution in [2.45, 2.75) is 0 Å². The zero-order valence-electron chi connectivity index (χ0n) is 8.70. The third-order valence-corrected chi connectivity index (χ3v) is 2.51. The van der Waals surface area contributed by atoms with Gasteiger partial charge in [-0.1, -0.05) is 23.2 Å². The number of nitrogens with zero attached hydrogens (tertiary/aromatic N) is 2. The van der Waals surface area contributed by atoms with E-state index >= 15 is 0 Å². The van der Waals surface area contributed by atoms with Gasteiger partial charge in [0.2, 0.25) is 0 Å². The number of carbonyl (C=O) groups excluding carboxylic acids is 1. The number of hydrogen-bond donors (Lipinski definition) is 1. The maximum Gasteiger partial charge on any atom is 0.356 e. The zero-order valence-corrected chi connectivity index (χ0v) is 10.2. The third kappa shape index (κ3) is 2.40. The van der Waals surface area contributed by atoms with Crippen molar-refractivity contribution in [3.63, 3.8) is 0 Å². The molecule has 17 heavy (non-hydrogen) atoms. The highest BCUT2D eigenvalue weighted by atomic mass is 35.5. The Bertz CT molecular complexity index is 568. The number of ether oxygens (including phenoxy) is 1. The van der Waals surface area contributed by atoms with Crippen LogP contribution in [0.4, 0.5) is 0 Å². The van der Waals surface area contributed by atoms with Gasteiger partial charge in [0.1, 0.15) is 11.4 Å². The average molecular weight is 272 g/mol. The highest BCUT2D eigenvalue weighted by molar-refractivity contribution is 6.35. The summed E-state index contributed by atoms with van der Waals surface area (Å²) in [4.78, 5) is 22.0. The van der Waals surface area contributed by atoms with E-state index in [-0.39, 0.29) is 5.69 Å². The molecule has 2 aromatic rings. The largest absolute Gasteiger partial charge is 0.464 e. The second kappa shape index (κ2) is 4.73. The molecule has 2 heterocycles. The molecule has 0 saturated carbocycles. The van der Waals surface area contributed by atoms with E-state index in [0.717, 1.165) is 0 Å². The monoisotopic (exact) mass is 271 g/mol. The summed E-state index contributed by atoms with van der Waals surface area (Å²) < 4.78 is 4.55. The van der Waals surface area contributed by atoms with Crippen LogP contribution in [0.3, 0.4) is 0 Å². The summed E-state index contributed by atoms with van der Waals surface area (Å²) >= 11 is 11.7. The molecule has 2 rings (SSSR count). The summed E-state index contributed by atoms with van der Waals surface area (Å²) in [5, 5.41) is 0.779. The fourth-order valence-electron chi connectivity index (χ4n) is 1.24. The summed E-state index contributed by atoms with van der Waals surface area (Å²) in [6.07, 6.45) is 2.80. The smallest absolute Gasteiger partial charge is 0.356 e. The van der Waals surface area contributed by atoms with Gasteiger partial charge in [0.15, 0.2) is 5.82 Å². The van der Waals surface area contributed by atoms with E-state index in [1.165, 1.54) is 19.5 Å². The first kappa shape index (κ1) is 11.9. The molecule has 0 bridgehead atoms. The number of carbonyl (C=O) groups is 1. The molecule has 0 radical (unpaired) electrons. The highest BCUT2D eigenvalue weighted by Gasteiger charge is 2.13. The number of pyridine rings is 1. The van der Waals surface area contributed by atoms with Crippen molar-refractivity contribution in [1.82, 2.24) is 15.0 Å². The topological polar surface area (TPSA) is 67.9 Å². The molecule has 0 atom stereocenters. The molecule has 0 saturated heterocycles. The van der Waals surface area contributed by atoms with E-state index in [4.69, 9.17) is 23.2 Å². The molecular formula is C10H7Cl2N3O2. The minimum absolute atomic E-state index is 0.232. The Labute approximate surface area is 107 Å². The van der Waals surface area contributed by atoms with Gasteiger partial charge in [0, 0.05) is 6.20 Å². The molecule has 88 valence electrons. The van der Waals surface area contributed by atoms with Crippen LogP contribution in [0.25, 0.3) is 11.5 Å². The molecular weight excluding hydrogens is 265 g/mol. The molecule has 0 fully saturated rings. The van der Waals surface area contributed by atoms with E-state index in [1.807, 2.05) is 0 Å². The number of halogens is 2. The van der Waals surface area contributed by atoms with Crippen LogP contribution in [0.1, 0.15) is 10.5 Å². The Kier molecular flexibility index (Phi) is 3.31. The van der Waals surface area contributed by atoms with Gasteiger partial charge >= 0.3 is 5.97 Å². The molecule has 0 amide bonds. The van der Waals surface area contributed by atoms with Gasteiger partial charge in [-0.2, -0.15) is 0 Å². The van der Waals surface area contributed by atoms with Crippen LogP contribution < -0.4 is 0 Å². The molecule has 7 heteroatoms. The maximum atomic E-state index is 11.2. The van der Waals surface area contributed by atoms with Gasteiger partial charge in [-0.15, -0.1) is 0 Å². The lowest BCUT2D eigenvalue weighted by molar-refractivity contribution is 0.0595. The maximum absolute atomic E-state index is 11.2. The molecule has 0 aromatic carbocycles. The van der Waals surface area contributed by atoms with E-state index in [2.05, 4.69) is 19.7 Å². The molecule has 0 aliphatic rings. The molecule has 0 spiro atoms. The van der Waals surface area contributed by atoms with Gasteiger partial charge in [-0.05, 0) is 6.07 Å². The van der Waals surface area contributed by atoms with E-state index < -0.39 is 5.97 Å². The first-order chi connectivity index (χ1) is 8.11. The van der Waals surface area contributed by atoms with Crippen LogP contribution in [0, 0.1) is 0 Å². The van der Waals surface area contributed by atoms with E-state index in [0.29, 0.717) is 21.6 Å². The van der Waals surface area contributed by atoms with Gasteiger partial charge in [-0.25, -0.2) is 14.8 Å². The van der Waals surface area contributed by atoms with Crippen molar-refractivity contribution in [1.29, 1.82) is 0 Å². The molecule has 0 unspecified atom stereocenters. The fourth-order valence-corrected chi connectivity index (χ4v) is 1.71. The predicted octanol–water partition coefficient (Wildman–Crippen LogP) is 2.57. The summed E-state index contributed by atoms with van der Waals surface area (Å²) in [6.45, 7) is 0. The van der Waals surface area contributed by atoms with Crippen LogP contribution in [0.15, 0.2) is 18.5 Å². The summed E-state index contributed by atoms with van der Waals surface area (Å²) in [5.41, 5.74) is 0.654. The van der Waals surface area contributed by atoms with Gasteiger partial charge in [0.05, 0.1) is 23.4 Å². The molecule has 5 nitrogen and oxygen atoms in total. The van der Waals surface area contributed by atoms with Crippen molar-refractivity contribution < 1.29 is 9.53 Å². The van der Waals surface area contributed by atoms with Crippen LogP contribution in [-0.2, 0) is 4.74 Å². The lowest BCUT2D eigenvalue weighted by Gasteiger charge is -1.99. The van der Waals surface area contributed by atoms with Crippen molar-refractivity contribution in [3.8, 4) is 11.5 Å². The number of aromatic nitrogens is 3. The Morgan fingerprint density at radius 1 is 1.35 bits per heavy atom. The Morgan fingerprint density at radius 3 is 2.76 bits per heavy atom. The SMILES string of the molecule is COC(=O)c1cnc(-c2ncc(Cl)cc2Cl)[nH]1. The van der Waals surface area contributed by atoms with Crippen molar-refractivity contribution in [2.24, 2.45) is 0 Å². The quantitative estimate of drug-likeness (QED) is 0.853. The Balaban J connectivity index is 2.40. The fraction of sp³-hybridized carbons (Fsp3) is 0.100. The number of methoxy groups -OCH3 is 1. The number of imidazole rings is 1. The van der Waals surface area contributed by atoms with Gasteiger partial charge < -0.3 is 9.72 Å². The molecule has 0 aliphatic carbocycles. The standard InChI is InChI=1S/C10H7Cl2N3O2/c1-17-10(16)7-4-14-9(15-7)8-6(12)2-5(11)3-13-8/h2-4H,1H3,(H,14,15). The predicted molar refractivity (Wildman–Crippen MR) is 63.2 cm³/mol. The van der Waals surface area contributed by atoms with Crippen LogP contribution in [0.2, 0.25) is 10.0 Å².